The van der Waals surface area contributed by atoms with Gasteiger partial charge in [-0.15, -0.1) is 0 Å². The second kappa shape index (κ2) is 5.05. The highest BCUT2D eigenvalue weighted by atomic mass is 16.5. The van der Waals surface area contributed by atoms with Crippen molar-refractivity contribution in [3.05, 3.63) is 29.5 Å². The van der Waals surface area contributed by atoms with Crippen LogP contribution in [0.1, 0.15) is 56.1 Å². The molecular weight excluding hydrogens is 324 g/mol. The fraction of sp³-hybridized carbons (Fsp3) is 0.591. The Morgan fingerprint density at radius 2 is 2.08 bits per heavy atom. The van der Waals surface area contributed by atoms with Crippen LogP contribution >= 0.6 is 0 Å². The van der Waals surface area contributed by atoms with Gasteiger partial charge in [0.1, 0.15) is 5.75 Å². The number of nitrogens with one attached hydrogen (secondary N) is 1. The summed E-state index contributed by atoms with van der Waals surface area (Å²) in [6, 6.07) is 6.31. The maximum Gasteiger partial charge on any atom is 0.256 e. The van der Waals surface area contributed by atoms with Crippen LogP contribution in [-0.4, -0.2) is 35.5 Å². The Morgan fingerprint density at radius 3 is 2.77 bits per heavy atom. The first-order chi connectivity index (χ1) is 12.4. The summed E-state index contributed by atoms with van der Waals surface area (Å²) >= 11 is 0. The van der Waals surface area contributed by atoms with Crippen LogP contribution in [0.5, 0.6) is 5.75 Å². The van der Waals surface area contributed by atoms with Gasteiger partial charge in [0, 0.05) is 30.1 Å². The molecule has 5 rings (SSSR count). The summed E-state index contributed by atoms with van der Waals surface area (Å²) in [6.45, 7) is 7.99. The number of H-pyrrole nitrogens is 1. The minimum atomic E-state index is 0.198. The minimum Gasteiger partial charge on any atom is -0.495 e. The molecule has 1 N–H and O–H groups in total. The molecule has 2 aromatic rings. The number of hydrogen-bond donors (Lipinski definition) is 1. The maximum absolute atomic E-state index is 13.6. The quantitative estimate of drug-likeness (QED) is 0.871. The average molecular weight is 352 g/mol. The predicted octanol–water partition coefficient (Wildman–Crippen LogP) is 4.39. The van der Waals surface area contributed by atoms with Gasteiger partial charge in [-0.05, 0) is 42.1 Å². The average Bonchev–Trinajstić information content (AvgIpc) is 3.23. The Balaban J connectivity index is 1.61. The molecule has 0 spiro atoms. The van der Waals surface area contributed by atoms with Gasteiger partial charge in [-0.2, -0.15) is 0 Å². The third-order valence-electron chi connectivity index (χ3n) is 7.68. The van der Waals surface area contributed by atoms with Crippen molar-refractivity contribution >= 4 is 16.8 Å². The first kappa shape index (κ1) is 16.2. The van der Waals surface area contributed by atoms with E-state index in [-0.39, 0.29) is 16.7 Å². The van der Waals surface area contributed by atoms with Gasteiger partial charge in [0.05, 0.1) is 18.2 Å². The van der Waals surface area contributed by atoms with Crippen LogP contribution in [0.4, 0.5) is 0 Å². The van der Waals surface area contributed by atoms with Crippen LogP contribution in [0.2, 0.25) is 0 Å². The highest BCUT2D eigenvalue weighted by molar-refractivity contribution is 6.10. The van der Waals surface area contributed by atoms with E-state index in [4.69, 9.17) is 4.74 Å². The zero-order chi connectivity index (χ0) is 18.3. The number of amides is 1. The Bertz CT molecular complexity index is 907. The number of carbonyl (C=O) groups excluding carboxylic acids is 1. The van der Waals surface area contributed by atoms with Gasteiger partial charge in [0.25, 0.3) is 5.91 Å². The molecule has 2 saturated carbocycles. The van der Waals surface area contributed by atoms with Gasteiger partial charge in [0.2, 0.25) is 0 Å². The molecule has 1 aliphatic heterocycles. The molecule has 0 radical (unpaired) electrons. The molecule has 2 fully saturated rings. The van der Waals surface area contributed by atoms with Gasteiger partial charge >= 0.3 is 0 Å². The second-order valence-electron chi connectivity index (χ2n) is 9.43. The number of rotatable bonds is 2. The predicted molar refractivity (Wildman–Crippen MR) is 103 cm³/mol. The Kier molecular flexibility index (Phi) is 3.15. The molecule has 1 aromatic carbocycles. The third kappa shape index (κ3) is 1.88. The first-order valence-corrected chi connectivity index (χ1v) is 9.85. The van der Waals surface area contributed by atoms with E-state index in [1.54, 1.807) is 7.11 Å². The molecular formula is C22H28N2O2. The largest absolute Gasteiger partial charge is 0.495 e. The fourth-order valence-electron chi connectivity index (χ4n) is 6.62. The Hall–Kier alpha value is -1.97. The van der Waals surface area contributed by atoms with Crippen LogP contribution in [0.3, 0.4) is 0 Å². The molecule has 0 saturated heterocycles. The van der Waals surface area contributed by atoms with E-state index < -0.39 is 0 Å². The Labute approximate surface area is 154 Å². The zero-order valence-corrected chi connectivity index (χ0v) is 16.2. The lowest BCUT2D eigenvalue weighted by atomic mass is 9.67. The SMILES string of the molecule is COc1cccc2c3c([nH]c12)CCN([C@@H]1C(C)(C)C2CC[C@@]1(C)C2)C3=O. The molecule has 1 aromatic heterocycles. The van der Waals surface area contributed by atoms with Gasteiger partial charge in [-0.3, -0.25) is 4.79 Å². The van der Waals surface area contributed by atoms with Gasteiger partial charge in [-0.25, -0.2) is 0 Å². The van der Waals surface area contributed by atoms with E-state index in [1.165, 1.54) is 19.3 Å². The van der Waals surface area contributed by atoms with E-state index in [2.05, 4.69) is 30.7 Å². The number of carbonyl (C=O) groups is 1. The number of benzene rings is 1. The maximum atomic E-state index is 13.6. The normalized spacial score (nSPS) is 32.3. The first-order valence-electron chi connectivity index (χ1n) is 9.85. The molecule has 2 heterocycles. The number of nitrogens with zero attached hydrogens (tertiary/aromatic N) is 1. The minimum absolute atomic E-state index is 0.198. The summed E-state index contributed by atoms with van der Waals surface area (Å²) in [5.41, 5.74) is 3.35. The van der Waals surface area contributed by atoms with E-state index in [0.717, 1.165) is 46.8 Å². The van der Waals surface area contributed by atoms with Crippen molar-refractivity contribution < 1.29 is 9.53 Å². The van der Waals surface area contributed by atoms with Crippen LogP contribution in [0.25, 0.3) is 10.9 Å². The molecule has 138 valence electrons. The smallest absolute Gasteiger partial charge is 0.256 e. The molecule has 1 unspecified atom stereocenters. The zero-order valence-electron chi connectivity index (χ0n) is 16.2. The highest BCUT2D eigenvalue weighted by Gasteiger charge is 2.62. The van der Waals surface area contributed by atoms with Crippen LogP contribution < -0.4 is 4.74 Å². The van der Waals surface area contributed by atoms with Crippen LogP contribution in [0, 0.1) is 16.7 Å². The fourth-order valence-corrected chi connectivity index (χ4v) is 6.62. The number of fused-ring (bicyclic) bond motifs is 5. The molecule has 3 atom stereocenters. The standard InChI is InChI=1S/C22H28N2O2/c1-21(2)13-8-10-22(3,12-13)20(21)24-11-9-15-17(19(24)25)14-6-5-7-16(26-4)18(14)23-15/h5-7,13,20,23H,8-12H2,1-4H3/t13?,20-,22+/m1/s1. The third-order valence-corrected chi connectivity index (χ3v) is 7.68. The van der Waals surface area contributed by atoms with Crippen LogP contribution in [-0.2, 0) is 6.42 Å². The molecule has 26 heavy (non-hydrogen) atoms. The van der Waals surface area contributed by atoms with E-state index in [9.17, 15) is 4.79 Å². The van der Waals surface area contributed by atoms with Crippen molar-refractivity contribution in [1.29, 1.82) is 0 Å². The number of para-hydroxylation sites is 1. The van der Waals surface area contributed by atoms with E-state index in [1.807, 2.05) is 18.2 Å². The second-order valence-corrected chi connectivity index (χ2v) is 9.43. The number of ether oxygens (including phenoxy) is 1. The summed E-state index contributed by atoms with van der Waals surface area (Å²) in [7, 11) is 1.68. The van der Waals surface area contributed by atoms with Gasteiger partial charge in [-0.1, -0.05) is 32.9 Å². The lowest BCUT2D eigenvalue weighted by molar-refractivity contribution is 0.00491. The van der Waals surface area contributed by atoms with Gasteiger partial charge in [0.15, 0.2) is 0 Å². The molecule has 2 aliphatic carbocycles. The van der Waals surface area contributed by atoms with Crippen molar-refractivity contribution in [2.45, 2.75) is 52.5 Å². The number of aromatic nitrogens is 1. The van der Waals surface area contributed by atoms with Crippen molar-refractivity contribution in [3.63, 3.8) is 0 Å². The molecule has 3 aliphatic rings. The van der Waals surface area contributed by atoms with Gasteiger partial charge < -0.3 is 14.6 Å². The monoisotopic (exact) mass is 352 g/mol. The number of aromatic amines is 1. The summed E-state index contributed by atoms with van der Waals surface area (Å²) < 4.78 is 5.50. The molecule has 2 bridgehead atoms. The topological polar surface area (TPSA) is 45.3 Å². The summed E-state index contributed by atoms with van der Waals surface area (Å²) in [6.07, 6.45) is 4.73. The van der Waals surface area contributed by atoms with Crippen molar-refractivity contribution in [2.24, 2.45) is 16.7 Å². The summed E-state index contributed by atoms with van der Waals surface area (Å²) in [4.78, 5) is 19.3. The summed E-state index contributed by atoms with van der Waals surface area (Å²) in [5, 5.41) is 1.00. The van der Waals surface area contributed by atoms with E-state index >= 15 is 0 Å². The lowest BCUT2D eigenvalue weighted by Gasteiger charge is -2.49. The van der Waals surface area contributed by atoms with E-state index in [0.29, 0.717) is 6.04 Å². The number of hydrogen-bond acceptors (Lipinski definition) is 2. The Morgan fingerprint density at radius 1 is 1.27 bits per heavy atom. The van der Waals surface area contributed by atoms with Crippen molar-refractivity contribution in [2.75, 3.05) is 13.7 Å². The van der Waals surface area contributed by atoms with Crippen LogP contribution in [0.15, 0.2) is 18.2 Å². The highest BCUT2D eigenvalue weighted by Crippen LogP contribution is 2.64. The lowest BCUT2D eigenvalue weighted by Crippen LogP contribution is -2.56. The van der Waals surface area contributed by atoms with Crippen molar-refractivity contribution in [3.8, 4) is 5.75 Å². The summed E-state index contributed by atoms with van der Waals surface area (Å²) in [5.74, 6) is 1.76. The molecule has 4 nitrogen and oxygen atoms in total. The molecule has 1 amide bonds. The molecule has 4 heteroatoms. The van der Waals surface area contributed by atoms with Crippen molar-refractivity contribution in [1.82, 2.24) is 9.88 Å². The number of methoxy groups -OCH3 is 1.